The average molecular weight is 563 g/mol. The number of anilines is 1. The van der Waals surface area contributed by atoms with Crippen molar-refractivity contribution in [2.75, 3.05) is 18.7 Å². The topological polar surface area (TPSA) is 40.4 Å². The lowest BCUT2D eigenvalue weighted by molar-refractivity contribution is -0.0328. The summed E-state index contributed by atoms with van der Waals surface area (Å²) < 4.78 is 43.2. The van der Waals surface area contributed by atoms with Crippen molar-refractivity contribution in [3.8, 4) is 5.75 Å². The second-order valence-electron chi connectivity index (χ2n) is 8.21. The van der Waals surface area contributed by atoms with Gasteiger partial charge in [0.1, 0.15) is 17.2 Å². The largest absolute Gasteiger partial charge is 0.497 e. The van der Waals surface area contributed by atoms with Gasteiger partial charge >= 0.3 is 5.51 Å². The third kappa shape index (κ3) is 5.89. The minimum absolute atomic E-state index is 0.131. The predicted molar refractivity (Wildman–Crippen MR) is 144 cm³/mol. The molecule has 0 radical (unpaired) electrons. The van der Waals surface area contributed by atoms with Crippen LogP contribution in [0.4, 0.5) is 18.9 Å². The van der Waals surface area contributed by atoms with E-state index in [9.17, 15) is 13.2 Å². The number of methoxy groups -OCH3 is 1. The number of benzene rings is 3. The average Bonchev–Trinajstić information content (AvgIpc) is 3.25. The molecule has 2 aliphatic heterocycles. The summed E-state index contributed by atoms with van der Waals surface area (Å²) in [5, 5.41) is 14.2. The van der Waals surface area contributed by atoms with Gasteiger partial charge in [-0.2, -0.15) is 23.4 Å². The van der Waals surface area contributed by atoms with E-state index in [1.807, 2.05) is 41.4 Å². The molecule has 2 heterocycles. The van der Waals surface area contributed by atoms with E-state index in [1.165, 1.54) is 12.1 Å². The molecule has 0 bridgehead atoms. The molecule has 5 nitrogen and oxygen atoms in total. The number of nitrogens with zero attached hydrogens (tertiary/aromatic N) is 4. The molecule has 0 amide bonds. The van der Waals surface area contributed by atoms with Gasteiger partial charge < -0.3 is 4.74 Å². The van der Waals surface area contributed by atoms with E-state index in [4.69, 9.17) is 38.1 Å². The predicted octanol–water partition coefficient (Wildman–Crippen LogP) is 7.70. The second kappa shape index (κ2) is 10.3. The summed E-state index contributed by atoms with van der Waals surface area (Å²) in [6, 6.07) is 19.1. The summed E-state index contributed by atoms with van der Waals surface area (Å²) in [6.07, 6.45) is 1.92. The van der Waals surface area contributed by atoms with Crippen LogP contribution in [0.2, 0.25) is 10.0 Å². The summed E-state index contributed by atoms with van der Waals surface area (Å²) in [7, 11) is 1.60. The molecule has 3 aromatic carbocycles. The van der Waals surface area contributed by atoms with Gasteiger partial charge in [0.2, 0.25) is 0 Å². The Kier molecular flexibility index (Phi) is 7.11. The number of hydrogen-bond donors (Lipinski definition) is 0. The number of allylic oxidation sites excluding steroid dienone is 1. The van der Waals surface area contributed by atoms with Gasteiger partial charge in [0, 0.05) is 15.5 Å². The van der Waals surface area contributed by atoms with Gasteiger partial charge in [-0.25, -0.2) is 5.01 Å². The van der Waals surface area contributed by atoms with Crippen LogP contribution < -0.4 is 9.75 Å². The highest BCUT2D eigenvalue weighted by atomic mass is 35.5. The van der Waals surface area contributed by atoms with Crippen LogP contribution >= 0.6 is 35.0 Å². The molecule has 0 spiro atoms. The molecule has 2 aliphatic rings. The van der Waals surface area contributed by atoms with Crippen molar-refractivity contribution in [1.29, 1.82) is 0 Å². The van der Waals surface area contributed by atoms with Crippen LogP contribution in [0.1, 0.15) is 11.1 Å². The van der Waals surface area contributed by atoms with E-state index in [1.54, 1.807) is 36.4 Å². The van der Waals surface area contributed by atoms with Crippen LogP contribution in [0.25, 0.3) is 5.70 Å². The van der Waals surface area contributed by atoms with Gasteiger partial charge in [-0.15, -0.1) is 0 Å². The van der Waals surface area contributed by atoms with E-state index >= 15 is 0 Å². The molecule has 0 N–H and O–H groups in total. The van der Waals surface area contributed by atoms with Crippen molar-refractivity contribution < 1.29 is 17.9 Å². The molecule has 190 valence electrons. The Labute approximate surface area is 225 Å². The van der Waals surface area contributed by atoms with Gasteiger partial charge in [-0.1, -0.05) is 35.3 Å². The highest BCUT2D eigenvalue weighted by Crippen LogP contribution is 2.38. The number of halogens is 5. The van der Waals surface area contributed by atoms with Crippen LogP contribution in [-0.4, -0.2) is 35.6 Å². The van der Waals surface area contributed by atoms with E-state index in [-0.39, 0.29) is 16.7 Å². The second-order valence-corrected chi connectivity index (χ2v) is 10.2. The third-order valence-corrected chi connectivity index (χ3v) is 6.93. The minimum atomic E-state index is -4.32. The van der Waals surface area contributed by atoms with Crippen molar-refractivity contribution >= 4 is 57.8 Å². The van der Waals surface area contributed by atoms with Crippen LogP contribution in [0.15, 0.2) is 87.9 Å². The number of thioether (sulfide) groups is 1. The lowest BCUT2D eigenvalue weighted by Gasteiger charge is -2.27. The molecule has 0 saturated heterocycles. The molecule has 3 aromatic rings. The first-order chi connectivity index (χ1) is 17.7. The first-order valence-electron chi connectivity index (χ1n) is 11.1. The Balaban J connectivity index is 1.44. The first-order valence-corrected chi connectivity index (χ1v) is 12.6. The fourth-order valence-corrected chi connectivity index (χ4v) is 5.01. The molecule has 0 aliphatic carbocycles. The summed E-state index contributed by atoms with van der Waals surface area (Å²) in [5.41, 5.74) is 0.244. The van der Waals surface area contributed by atoms with Crippen molar-refractivity contribution in [1.82, 2.24) is 5.01 Å². The molecule has 0 fully saturated rings. The molecule has 0 saturated carbocycles. The molecule has 37 heavy (non-hydrogen) atoms. The Hall–Kier alpha value is -3.14. The molecule has 5 rings (SSSR count). The van der Waals surface area contributed by atoms with Crippen molar-refractivity contribution in [3.63, 3.8) is 0 Å². The van der Waals surface area contributed by atoms with Crippen LogP contribution in [0.3, 0.4) is 0 Å². The molecule has 0 aromatic heterocycles. The number of alkyl halides is 3. The van der Waals surface area contributed by atoms with Gasteiger partial charge in [-0.05, 0) is 78.0 Å². The summed E-state index contributed by atoms with van der Waals surface area (Å²) >= 11 is 12.5. The van der Waals surface area contributed by atoms with Crippen LogP contribution in [-0.2, 0) is 6.54 Å². The number of hydrazone groups is 2. The fraction of sp³-hybridized carbons (Fsp3) is 0.154. The number of fused-ring (bicyclic) bond motifs is 1. The Morgan fingerprint density at radius 2 is 1.70 bits per heavy atom. The number of ether oxygens (including phenoxy) is 1. The zero-order valence-electron chi connectivity index (χ0n) is 19.3. The highest BCUT2D eigenvalue weighted by molar-refractivity contribution is 8.00. The minimum Gasteiger partial charge on any atom is -0.497 e. The van der Waals surface area contributed by atoms with Crippen LogP contribution in [0.5, 0.6) is 5.75 Å². The normalized spacial score (nSPS) is 15.2. The van der Waals surface area contributed by atoms with Gasteiger partial charge in [0.25, 0.3) is 0 Å². The smallest absolute Gasteiger partial charge is 0.446 e. The van der Waals surface area contributed by atoms with E-state index in [2.05, 4.69) is 0 Å². The lowest BCUT2D eigenvalue weighted by Crippen LogP contribution is -2.28. The molecule has 0 unspecified atom stereocenters. The van der Waals surface area contributed by atoms with Crippen molar-refractivity contribution in [2.45, 2.75) is 16.9 Å². The van der Waals surface area contributed by atoms with E-state index in [0.717, 1.165) is 34.0 Å². The van der Waals surface area contributed by atoms with E-state index < -0.39 is 5.51 Å². The standard InChI is InChI=1S/C26H19Cl2F3N4OS/c1-36-19-7-5-18(6-8-19)35-25(21-11-4-17(27)12-22(21)28)13-23-24(33-35)15-34(32-23)14-16-2-9-20(10-3-16)37-26(29,30)31/h2-13H,14-15H2,1H3. The Morgan fingerprint density at radius 1 is 0.973 bits per heavy atom. The Morgan fingerprint density at radius 3 is 2.35 bits per heavy atom. The number of rotatable bonds is 6. The van der Waals surface area contributed by atoms with Gasteiger partial charge in [0.05, 0.1) is 36.6 Å². The quantitative estimate of drug-likeness (QED) is 0.288. The summed E-state index contributed by atoms with van der Waals surface area (Å²) in [5.74, 6) is 0.720. The zero-order chi connectivity index (χ0) is 26.2. The molecular formula is C26H19Cl2F3N4OS. The monoisotopic (exact) mass is 562 g/mol. The maximum absolute atomic E-state index is 12.6. The highest BCUT2D eigenvalue weighted by Gasteiger charge is 2.31. The fourth-order valence-electron chi connectivity index (χ4n) is 3.97. The maximum atomic E-state index is 12.6. The SMILES string of the molecule is COc1ccc(N2N=C3CN(Cc4ccc(SC(F)(F)F)cc4)N=C3C=C2c2ccc(Cl)cc2Cl)cc1. The zero-order valence-corrected chi connectivity index (χ0v) is 21.7. The molecule has 0 atom stereocenters. The van der Waals surface area contributed by atoms with Crippen molar-refractivity contribution in [2.24, 2.45) is 10.2 Å². The van der Waals surface area contributed by atoms with Crippen LogP contribution in [0, 0.1) is 0 Å². The molecule has 11 heteroatoms. The number of hydrogen-bond acceptors (Lipinski definition) is 6. The lowest BCUT2D eigenvalue weighted by atomic mass is 10.1. The Bertz CT molecular complexity index is 1410. The maximum Gasteiger partial charge on any atom is 0.446 e. The molecular weight excluding hydrogens is 544 g/mol. The van der Waals surface area contributed by atoms with Crippen molar-refractivity contribution in [3.05, 3.63) is 94.0 Å². The summed E-state index contributed by atoms with van der Waals surface area (Å²) in [6.45, 7) is 0.867. The van der Waals surface area contributed by atoms with Gasteiger partial charge in [0.15, 0.2) is 0 Å². The van der Waals surface area contributed by atoms with E-state index in [0.29, 0.717) is 28.8 Å². The first kappa shape index (κ1) is 25.5. The third-order valence-electron chi connectivity index (χ3n) is 5.65. The summed E-state index contributed by atoms with van der Waals surface area (Å²) in [4.78, 5) is 0.143. The van der Waals surface area contributed by atoms with Gasteiger partial charge in [-0.3, -0.25) is 5.01 Å².